The molecular weight excluding hydrogens is 396 g/mol. The van der Waals surface area contributed by atoms with Crippen molar-refractivity contribution in [2.75, 3.05) is 20.5 Å². The zero-order chi connectivity index (χ0) is 21.3. The average molecular weight is 414 g/mol. The monoisotopic (exact) mass is 414 g/mol. The minimum Gasteiger partial charge on any atom is -0.493 e. The number of rotatable bonds is 6. The van der Waals surface area contributed by atoms with Gasteiger partial charge in [0, 0.05) is 11.6 Å². The van der Waals surface area contributed by atoms with Crippen LogP contribution in [0.5, 0.6) is 17.2 Å². The fraction of sp³-hybridized carbons (Fsp3) is 0.250. The van der Waals surface area contributed by atoms with Crippen molar-refractivity contribution in [1.29, 1.82) is 0 Å². The Morgan fingerprint density at radius 2 is 2.00 bits per heavy atom. The summed E-state index contributed by atoms with van der Waals surface area (Å²) in [5.74, 6) is 0.605. The molecule has 0 saturated carbocycles. The molecule has 0 atom stereocenters. The van der Waals surface area contributed by atoms with E-state index in [0.29, 0.717) is 29.4 Å². The van der Waals surface area contributed by atoms with Crippen LogP contribution in [-0.4, -0.2) is 43.3 Å². The van der Waals surface area contributed by atoms with Crippen LogP contribution in [0.2, 0.25) is 0 Å². The van der Waals surface area contributed by atoms with Crippen LogP contribution in [0.1, 0.15) is 28.8 Å². The number of urea groups is 1. The Balaban J connectivity index is 1.57. The van der Waals surface area contributed by atoms with E-state index in [1.54, 1.807) is 12.1 Å². The Morgan fingerprint density at radius 3 is 2.73 bits per heavy atom. The smallest absolute Gasteiger partial charge is 0.373 e. The number of nitrogens with one attached hydrogen (secondary N) is 1. The van der Waals surface area contributed by atoms with Crippen LogP contribution in [0.15, 0.2) is 34.4 Å². The highest BCUT2D eigenvalue weighted by atomic mass is 16.7. The predicted molar refractivity (Wildman–Crippen MR) is 101 cm³/mol. The molecule has 1 fully saturated rings. The normalized spacial score (nSPS) is 16.2. The number of methoxy groups -OCH3 is 1. The quantitative estimate of drug-likeness (QED) is 0.435. The van der Waals surface area contributed by atoms with E-state index in [9.17, 15) is 14.4 Å². The molecule has 30 heavy (non-hydrogen) atoms. The van der Waals surface area contributed by atoms with Gasteiger partial charge in [0.2, 0.25) is 12.6 Å². The van der Waals surface area contributed by atoms with Crippen LogP contribution in [0.3, 0.4) is 0 Å². The molecule has 1 aromatic heterocycles. The molecule has 10 heteroatoms. The van der Waals surface area contributed by atoms with Gasteiger partial charge >= 0.3 is 12.0 Å². The van der Waals surface area contributed by atoms with Crippen LogP contribution in [0, 0.1) is 0 Å². The van der Waals surface area contributed by atoms with Crippen LogP contribution in [0.4, 0.5) is 4.79 Å². The van der Waals surface area contributed by atoms with E-state index in [4.69, 9.17) is 18.6 Å². The first-order chi connectivity index (χ1) is 14.5. The highest BCUT2D eigenvalue weighted by Gasteiger charge is 2.35. The van der Waals surface area contributed by atoms with Crippen molar-refractivity contribution < 1.29 is 37.7 Å². The lowest BCUT2D eigenvalue weighted by Crippen LogP contribution is -2.30. The molecule has 3 heterocycles. The van der Waals surface area contributed by atoms with E-state index >= 15 is 0 Å². The standard InChI is InChI=1S/C20H18N2O8/c1-3-27-15-8-17-16(28-10-29-17)7-11(15)6-13-18(23)22(20(25)21-13)9-12-4-5-14(30-12)19(24)26-2/h4-8H,3,9-10H2,1-2H3,(H,21,25)/b13-6+. The molecule has 2 aromatic rings. The first-order valence-electron chi connectivity index (χ1n) is 9.08. The van der Waals surface area contributed by atoms with E-state index in [1.807, 2.05) is 6.92 Å². The summed E-state index contributed by atoms with van der Waals surface area (Å²) in [7, 11) is 1.23. The largest absolute Gasteiger partial charge is 0.493 e. The van der Waals surface area contributed by atoms with E-state index < -0.39 is 17.9 Å². The molecule has 0 unspecified atom stereocenters. The minimum absolute atomic E-state index is 0.0166. The van der Waals surface area contributed by atoms with Crippen molar-refractivity contribution in [3.8, 4) is 17.2 Å². The van der Waals surface area contributed by atoms with Crippen molar-refractivity contribution in [1.82, 2.24) is 10.2 Å². The van der Waals surface area contributed by atoms with Crippen LogP contribution < -0.4 is 19.5 Å². The molecule has 0 radical (unpaired) electrons. The number of benzene rings is 1. The maximum Gasteiger partial charge on any atom is 0.373 e. The number of carbonyl (C=O) groups is 3. The van der Waals surface area contributed by atoms with E-state index in [-0.39, 0.29) is 30.6 Å². The van der Waals surface area contributed by atoms with Gasteiger partial charge in [0.1, 0.15) is 17.2 Å². The number of esters is 1. The second-order valence-electron chi connectivity index (χ2n) is 6.31. The van der Waals surface area contributed by atoms with Gasteiger partial charge in [-0.05, 0) is 31.2 Å². The number of imide groups is 1. The molecule has 1 N–H and O–H groups in total. The summed E-state index contributed by atoms with van der Waals surface area (Å²) in [6, 6.07) is 5.66. The summed E-state index contributed by atoms with van der Waals surface area (Å²) in [5, 5.41) is 2.54. The number of carbonyl (C=O) groups excluding carboxylic acids is 3. The van der Waals surface area contributed by atoms with Crippen molar-refractivity contribution >= 4 is 24.0 Å². The average Bonchev–Trinajstić information content (AvgIpc) is 3.44. The number of amides is 3. The van der Waals surface area contributed by atoms with Crippen molar-refractivity contribution in [2.24, 2.45) is 0 Å². The molecule has 3 amide bonds. The molecule has 4 rings (SSSR count). The topological polar surface area (TPSA) is 117 Å². The first-order valence-corrected chi connectivity index (χ1v) is 9.08. The molecular formula is C20H18N2O8. The number of hydrogen-bond acceptors (Lipinski definition) is 8. The maximum absolute atomic E-state index is 12.8. The zero-order valence-corrected chi connectivity index (χ0v) is 16.2. The van der Waals surface area contributed by atoms with Crippen molar-refractivity contribution in [3.05, 3.63) is 47.0 Å². The van der Waals surface area contributed by atoms with E-state index in [0.717, 1.165) is 4.90 Å². The predicted octanol–water partition coefficient (Wildman–Crippen LogP) is 2.29. The number of furan rings is 1. The lowest BCUT2D eigenvalue weighted by molar-refractivity contribution is -0.123. The van der Waals surface area contributed by atoms with Gasteiger partial charge in [-0.25, -0.2) is 9.59 Å². The summed E-state index contributed by atoms with van der Waals surface area (Å²) < 4.78 is 26.2. The van der Waals surface area contributed by atoms with Gasteiger partial charge < -0.3 is 28.7 Å². The fourth-order valence-electron chi connectivity index (χ4n) is 3.03. The fourth-order valence-corrected chi connectivity index (χ4v) is 3.03. The third-order valence-electron chi connectivity index (χ3n) is 4.43. The van der Waals surface area contributed by atoms with Gasteiger partial charge in [0.25, 0.3) is 5.91 Å². The lowest BCUT2D eigenvalue weighted by Gasteiger charge is -2.10. The Kier molecular flexibility index (Phi) is 5.05. The van der Waals surface area contributed by atoms with Crippen LogP contribution in [-0.2, 0) is 16.1 Å². The van der Waals surface area contributed by atoms with Gasteiger partial charge in [0.05, 0.1) is 20.3 Å². The Morgan fingerprint density at radius 1 is 1.23 bits per heavy atom. The Hall–Kier alpha value is -3.95. The van der Waals surface area contributed by atoms with Crippen molar-refractivity contribution in [2.45, 2.75) is 13.5 Å². The van der Waals surface area contributed by atoms with Gasteiger partial charge in [0.15, 0.2) is 11.5 Å². The molecule has 156 valence electrons. The Bertz CT molecular complexity index is 1060. The summed E-state index contributed by atoms with van der Waals surface area (Å²) >= 11 is 0. The van der Waals surface area contributed by atoms with Gasteiger partial charge in [-0.1, -0.05) is 0 Å². The summed E-state index contributed by atoms with van der Waals surface area (Å²) in [6.45, 7) is 2.19. The molecule has 0 spiro atoms. The van der Waals surface area contributed by atoms with Crippen LogP contribution >= 0.6 is 0 Å². The summed E-state index contributed by atoms with van der Waals surface area (Å²) in [4.78, 5) is 37.6. The van der Waals surface area contributed by atoms with E-state index in [1.165, 1.54) is 25.3 Å². The molecule has 2 aliphatic heterocycles. The maximum atomic E-state index is 12.8. The molecule has 1 saturated heterocycles. The molecule has 0 bridgehead atoms. The zero-order valence-electron chi connectivity index (χ0n) is 16.2. The SMILES string of the molecule is CCOc1cc2c(cc1/C=C1/NC(=O)N(Cc3ccc(C(=O)OC)o3)C1=O)OCO2. The molecule has 2 aliphatic rings. The number of hydrogen-bond donors (Lipinski definition) is 1. The summed E-state index contributed by atoms with van der Waals surface area (Å²) in [5.41, 5.74) is 0.622. The minimum atomic E-state index is -0.648. The molecule has 10 nitrogen and oxygen atoms in total. The molecule has 0 aliphatic carbocycles. The van der Waals surface area contributed by atoms with Gasteiger partial charge in [-0.3, -0.25) is 9.69 Å². The summed E-state index contributed by atoms with van der Waals surface area (Å²) in [6.07, 6.45) is 1.51. The highest BCUT2D eigenvalue weighted by Crippen LogP contribution is 2.39. The van der Waals surface area contributed by atoms with E-state index in [2.05, 4.69) is 10.1 Å². The number of nitrogens with zero attached hydrogens (tertiary/aromatic N) is 1. The number of fused-ring (bicyclic) bond motifs is 1. The second-order valence-corrected chi connectivity index (χ2v) is 6.31. The second kappa shape index (κ2) is 7.82. The van der Waals surface area contributed by atoms with Gasteiger partial charge in [-0.2, -0.15) is 0 Å². The molecule has 1 aromatic carbocycles. The van der Waals surface area contributed by atoms with Gasteiger partial charge in [-0.15, -0.1) is 0 Å². The highest BCUT2D eigenvalue weighted by molar-refractivity contribution is 6.14. The van der Waals surface area contributed by atoms with Crippen molar-refractivity contribution in [3.63, 3.8) is 0 Å². The number of ether oxygens (including phenoxy) is 4. The third-order valence-corrected chi connectivity index (χ3v) is 4.43. The first kappa shape index (κ1) is 19.4. The Labute approximate surface area is 170 Å². The van der Waals surface area contributed by atoms with Crippen LogP contribution in [0.25, 0.3) is 6.08 Å². The third kappa shape index (κ3) is 3.54. The lowest BCUT2D eigenvalue weighted by atomic mass is 10.1.